The molecule has 0 saturated heterocycles. The number of nitrogens with zero attached hydrogens (tertiary/aromatic N) is 3. The molecule has 0 bridgehead atoms. The van der Waals surface area contributed by atoms with Gasteiger partial charge in [0.05, 0.1) is 6.61 Å². The Bertz CT molecular complexity index is 498. The highest BCUT2D eigenvalue weighted by Crippen LogP contribution is 2.14. The van der Waals surface area contributed by atoms with Crippen molar-refractivity contribution >= 4 is 5.97 Å². The number of ether oxygens (including phenoxy) is 1. The van der Waals surface area contributed by atoms with Gasteiger partial charge in [0, 0.05) is 11.5 Å². The Morgan fingerprint density at radius 2 is 2.05 bits per heavy atom. The van der Waals surface area contributed by atoms with Crippen molar-refractivity contribution in [3.63, 3.8) is 0 Å². The van der Waals surface area contributed by atoms with Gasteiger partial charge in [-0.05, 0) is 55.3 Å². The third-order valence-corrected chi connectivity index (χ3v) is 3.21. The predicted octanol–water partition coefficient (Wildman–Crippen LogP) is 2.89. The maximum atomic E-state index is 10.6. The molecule has 120 valence electrons. The molecule has 0 fully saturated rings. The number of aliphatic carboxylic acids is 1. The molecule has 0 spiro atoms. The van der Waals surface area contributed by atoms with Gasteiger partial charge in [-0.1, -0.05) is 17.2 Å². The molecule has 7 nitrogen and oxygen atoms in total. The Morgan fingerprint density at radius 3 is 2.68 bits per heavy atom. The topological polar surface area (TPSA) is 121 Å². The second kappa shape index (κ2) is 10.5. The van der Waals surface area contributed by atoms with E-state index < -0.39 is 12.0 Å². The second-order valence-corrected chi connectivity index (χ2v) is 4.99. The van der Waals surface area contributed by atoms with Crippen molar-refractivity contribution in [1.82, 2.24) is 0 Å². The zero-order valence-corrected chi connectivity index (χ0v) is 12.5. The van der Waals surface area contributed by atoms with Gasteiger partial charge in [0.25, 0.3) is 0 Å². The molecule has 7 heteroatoms. The van der Waals surface area contributed by atoms with Crippen LogP contribution in [0.5, 0.6) is 5.75 Å². The Hall–Kier alpha value is -2.24. The first-order chi connectivity index (χ1) is 10.6. The van der Waals surface area contributed by atoms with Crippen LogP contribution in [0, 0.1) is 0 Å². The van der Waals surface area contributed by atoms with Crippen molar-refractivity contribution in [2.75, 3.05) is 13.2 Å². The van der Waals surface area contributed by atoms with Crippen molar-refractivity contribution in [2.24, 2.45) is 10.8 Å². The van der Waals surface area contributed by atoms with Crippen LogP contribution in [0.2, 0.25) is 0 Å². The minimum absolute atomic E-state index is 0.471. The number of rotatable bonds is 11. The number of carboxylic acids is 1. The van der Waals surface area contributed by atoms with Gasteiger partial charge in [-0.15, -0.1) is 0 Å². The highest BCUT2D eigenvalue weighted by Gasteiger charge is 2.10. The molecule has 1 aromatic carbocycles. The van der Waals surface area contributed by atoms with Crippen LogP contribution in [-0.4, -0.2) is 30.3 Å². The van der Waals surface area contributed by atoms with Gasteiger partial charge in [0.15, 0.2) is 0 Å². The van der Waals surface area contributed by atoms with E-state index in [1.165, 1.54) is 0 Å². The van der Waals surface area contributed by atoms with E-state index in [0.29, 0.717) is 19.6 Å². The fourth-order valence-corrected chi connectivity index (χ4v) is 1.92. The number of carboxylic acid groups (broad SMARTS) is 1. The van der Waals surface area contributed by atoms with Gasteiger partial charge >= 0.3 is 5.97 Å². The van der Waals surface area contributed by atoms with Crippen molar-refractivity contribution in [3.8, 4) is 5.75 Å². The van der Waals surface area contributed by atoms with Gasteiger partial charge in [-0.2, -0.15) is 0 Å². The smallest absolute Gasteiger partial charge is 0.320 e. The predicted molar refractivity (Wildman–Crippen MR) is 83.7 cm³/mol. The molecular weight excluding hydrogens is 284 g/mol. The van der Waals surface area contributed by atoms with E-state index in [0.717, 1.165) is 37.0 Å². The summed E-state index contributed by atoms with van der Waals surface area (Å²) in [6.45, 7) is 1.09. The fraction of sp³-hybridized carbons (Fsp3) is 0.533. The average Bonchev–Trinajstić information content (AvgIpc) is 2.52. The van der Waals surface area contributed by atoms with E-state index in [-0.39, 0.29) is 0 Å². The summed E-state index contributed by atoms with van der Waals surface area (Å²) in [5, 5.41) is 12.2. The zero-order chi connectivity index (χ0) is 16.2. The van der Waals surface area contributed by atoms with Crippen molar-refractivity contribution in [1.29, 1.82) is 0 Å². The average molecular weight is 306 g/mol. The van der Waals surface area contributed by atoms with Crippen LogP contribution in [0.15, 0.2) is 29.4 Å². The Morgan fingerprint density at radius 1 is 1.32 bits per heavy atom. The first-order valence-electron chi connectivity index (χ1n) is 7.34. The molecule has 0 saturated carbocycles. The van der Waals surface area contributed by atoms with E-state index in [4.69, 9.17) is 21.1 Å². The first-order valence-corrected chi connectivity index (χ1v) is 7.34. The number of hydrogen-bond acceptors (Lipinski definition) is 4. The summed E-state index contributed by atoms with van der Waals surface area (Å²) in [7, 11) is 0. The fourth-order valence-electron chi connectivity index (χ4n) is 1.92. The molecule has 1 atom stereocenters. The molecule has 3 N–H and O–H groups in total. The summed E-state index contributed by atoms with van der Waals surface area (Å²) < 4.78 is 5.58. The number of hydrogen-bond donors (Lipinski definition) is 2. The minimum Gasteiger partial charge on any atom is -0.494 e. The third-order valence-electron chi connectivity index (χ3n) is 3.21. The summed E-state index contributed by atoms with van der Waals surface area (Å²) in [5.41, 5.74) is 14.7. The number of aryl methyl sites for hydroxylation is 1. The molecule has 0 aliphatic carbocycles. The van der Waals surface area contributed by atoms with Crippen LogP contribution in [0.25, 0.3) is 10.4 Å². The molecular formula is C15H22N4O3. The third kappa shape index (κ3) is 7.52. The first kappa shape index (κ1) is 17.8. The van der Waals surface area contributed by atoms with E-state index in [1.807, 2.05) is 24.3 Å². The van der Waals surface area contributed by atoms with Crippen LogP contribution in [0.4, 0.5) is 0 Å². The number of benzene rings is 1. The molecule has 0 aromatic heterocycles. The Kier molecular flexibility index (Phi) is 8.49. The van der Waals surface area contributed by atoms with Gasteiger partial charge in [-0.3, -0.25) is 4.79 Å². The molecule has 0 aliphatic rings. The normalized spacial score (nSPS) is 11.5. The SMILES string of the molecule is [N-]=[N+]=NCCCCOc1ccc(CCC[C@H](N)C(=O)O)cc1. The largest absolute Gasteiger partial charge is 0.494 e. The molecule has 22 heavy (non-hydrogen) atoms. The summed E-state index contributed by atoms with van der Waals surface area (Å²) in [6.07, 6.45) is 3.67. The van der Waals surface area contributed by atoms with Gasteiger partial charge in [0.2, 0.25) is 0 Å². The maximum Gasteiger partial charge on any atom is 0.320 e. The van der Waals surface area contributed by atoms with Crippen LogP contribution < -0.4 is 10.5 Å². The summed E-state index contributed by atoms with van der Waals surface area (Å²) in [5.74, 6) is -0.154. The van der Waals surface area contributed by atoms with Crippen molar-refractivity contribution in [2.45, 2.75) is 38.1 Å². The highest BCUT2D eigenvalue weighted by molar-refractivity contribution is 5.72. The molecule has 0 radical (unpaired) electrons. The molecule has 0 heterocycles. The molecule has 1 aromatic rings. The van der Waals surface area contributed by atoms with Gasteiger partial charge in [-0.25, -0.2) is 0 Å². The van der Waals surface area contributed by atoms with E-state index in [9.17, 15) is 4.79 Å². The molecule has 0 aliphatic heterocycles. The summed E-state index contributed by atoms with van der Waals surface area (Å²) >= 11 is 0. The Balaban J connectivity index is 2.22. The monoisotopic (exact) mass is 306 g/mol. The standard InChI is InChI=1S/C15H22N4O3/c16-14(15(20)21)5-3-4-12-6-8-13(9-7-12)22-11-2-1-10-18-19-17/h6-9,14H,1-5,10-11,16H2,(H,20,21)/t14-/m0/s1. The lowest BCUT2D eigenvalue weighted by Gasteiger charge is -2.08. The quantitative estimate of drug-likeness (QED) is 0.282. The van der Waals surface area contributed by atoms with Gasteiger partial charge in [0.1, 0.15) is 11.8 Å². The summed E-state index contributed by atoms with van der Waals surface area (Å²) in [4.78, 5) is 13.3. The lowest BCUT2D eigenvalue weighted by atomic mass is 10.1. The molecule has 0 unspecified atom stereocenters. The Labute approximate surface area is 129 Å². The minimum atomic E-state index is -0.954. The van der Waals surface area contributed by atoms with E-state index >= 15 is 0 Å². The lowest BCUT2D eigenvalue weighted by molar-refractivity contribution is -0.138. The number of azide groups is 1. The molecule has 1 rings (SSSR count). The molecule has 0 amide bonds. The van der Waals surface area contributed by atoms with Crippen LogP contribution in [0.3, 0.4) is 0 Å². The van der Waals surface area contributed by atoms with Crippen LogP contribution in [0.1, 0.15) is 31.2 Å². The lowest BCUT2D eigenvalue weighted by Crippen LogP contribution is -2.29. The number of unbranched alkanes of at least 4 members (excludes halogenated alkanes) is 1. The van der Waals surface area contributed by atoms with Crippen molar-refractivity contribution in [3.05, 3.63) is 40.3 Å². The number of nitrogens with two attached hydrogens (primary N) is 1. The van der Waals surface area contributed by atoms with Gasteiger partial charge < -0.3 is 15.6 Å². The van der Waals surface area contributed by atoms with Crippen molar-refractivity contribution < 1.29 is 14.6 Å². The zero-order valence-electron chi connectivity index (χ0n) is 12.5. The van der Waals surface area contributed by atoms with E-state index in [1.54, 1.807) is 0 Å². The number of carbonyl (C=O) groups is 1. The van der Waals surface area contributed by atoms with E-state index in [2.05, 4.69) is 10.0 Å². The van der Waals surface area contributed by atoms with Crippen LogP contribution in [-0.2, 0) is 11.2 Å². The highest BCUT2D eigenvalue weighted by atomic mass is 16.5. The maximum absolute atomic E-state index is 10.6. The second-order valence-electron chi connectivity index (χ2n) is 4.99. The summed E-state index contributed by atoms with van der Waals surface area (Å²) in [6, 6.07) is 6.97. The van der Waals surface area contributed by atoms with Crippen LogP contribution >= 0.6 is 0 Å².